The molecule has 0 radical (unpaired) electrons. The summed E-state index contributed by atoms with van der Waals surface area (Å²) in [5.74, 6) is 0.605. The van der Waals surface area contributed by atoms with Crippen molar-refractivity contribution >= 4 is 11.9 Å². The maximum absolute atomic E-state index is 12.9. The molecule has 0 aromatic heterocycles. The van der Waals surface area contributed by atoms with E-state index in [1.165, 1.54) is 5.56 Å². The van der Waals surface area contributed by atoms with E-state index < -0.39 is 0 Å². The largest absolute Gasteiger partial charge is 0.497 e. The lowest BCUT2D eigenvalue weighted by Gasteiger charge is -2.33. The highest BCUT2D eigenvalue weighted by atomic mass is 16.5. The summed E-state index contributed by atoms with van der Waals surface area (Å²) in [6, 6.07) is 8.39. The minimum absolute atomic E-state index is 0.115. The summed E-state index contributed by atoms with van der Waals surface area (Å²) in [5, 5.41) is 0. The number of likely N-dealkylation sites (tertiary alicyclic amines) is 2. The Balaban J connectivity index is 1.59. The Morgan fingerprint density at radius 3 is 2.56 bits per heavy atom. The zero-order valence-electron chi connectivity index (χ0n) is 16.4. The SMILES string of the molecule is CCOC(=O)[C@@H]1CCCN(C(=O)CN2CCC[C@H]2c2ccc(OC)cc2)C1. The standard InChI is InChI=1S/C21H30N2O4/c1-3-27-21(25)17-6-4-13-23(14-17)20(24)15-22-12-5-7-19(22)16-8-10-18(26-2)11-9-16/h8-11,17,19H,3-7,12-15H2,1-2H3/t17-,19+/m1/s1. The molecular formula is C21H30N2O4. The first-order valence-corrected chi connectivity index (χ1v) is 9.94. The fourth-order valence-corrected chi connectivity index (χ4v) is 4.15. The van der Waals surface area contributed by atoms with Gasteiger partial charge in [-0.25, -0.2) is 0 Å². The molecule has 148 valence electrons. The third-order valence-electron chi connectivity index (χ3n) is 5.60. The van der Waals surface area contributed by atoms with Gasteiger partial charge in [0.15, 0.2) is 0 Å². The second-order valence-electron chi connectivity index (χ2n) is 7.33. The lowest BCUT2D eigenvalue weighted by molar-refractivity contribution is -0.151. The van der Waals surface area contributed by atoms with E-state index in [9.17, 15) is 9.59 Å². The number of carbonyl (C=O) groups excluding carboxylic acids is 2. The van der Waals surface area contributed by atoms with Crippen LogP contribution in [-0.4, -0.2) is 61.6 Å². The molecule has 0 bridgehead atoms. The normalized spacial score (nSPS) is 23.3. The van der Waals surface area contributed by atoms with Crippen molar-refractivity contribution in [3.05, 3.63) is 29.8 Å². The first-order chi connectivity index (χ1) is 13.1. The van der Waals surface area contributed by atoms with Crippen LogP contribution < -0.4 is 4.74 Å². The number of piperidine rings is 1. The fraction of sp³-hybridized carbons (Fsp3) is 0.619. The number of esters is 1. The number of hydrogen-bond donors (Lipinski definition) is 0. The zero-order valence-corrected chi connectivity index (χ0v) is 16.4. The molecule has 27 heavy (non-hydrogen) atoms. The third kappa shape index (κ3) is 4.80. The molecule has 6 nitrogen and oxygen atoms in total. The van der Waals surface area contributed by atoms with Crippen molar-refractivity contribution in [2.24, 2.45) is 5.92 Å². The van der Waals surface area contributed by atoms with Gasteiger partial charge in [0.05, 0.1) is 26.2 Å². The van der Waals surface area contributed by atoms with E-state index in [2.05, 4.69) is 17.0 Å². The Bertz CT molecular complexity index is 646. The lowest BCUT2D eigenvalue weighted by Crippen LogP contribution is -2.46. The molecule has 2 fully saturated rings. The van der Waals surface area contributed by atoms with E-state index in [0.29, 0.717) is 19.7 Å². The van der Waals surface area contributed by atoms with Gasteiger partial charge in [0.25, 0.3) is 0 Å². The highest BCUT2D eigenvalue weighted by Crippen LogP contribution is 2.32. The molecule has 0 spiro atoms. The molecule has 2 aliphatic heterocycles. The monoisotopic (exact) mass is 374 g/mol. The van der Waals surface area contributed by atoms with Crippen molar-refractivity contribution in [1.29, 1.82) is 0 Å². The van der Waals surface area contributed by atoms with Crippen molar-refractivity contribution in [2.75, 3.05) is 39.9 Å². The average Bonchev–Trinajstić information content (AvgIpc) is 3.16. The van der Waals surface area contributed by atoms with Gasteiger partial charge >= 0.3 is 5.97 Å². The number of benzene rings is 1. The molecule has 2 aliphatic rings. The Hall–Kier alpha value is -2.08. The van der Waals surface area contributed by atoms with E-state index in [1.807, 2.05) is 24.0 Å². The molecule has 3 rings (SSSR count). The number of hydrogen-bond acceptors (Lipinski definition) is 5. The summed E-state index contributed by atoms with van der Waals surface area (Å²) < 4.78 is 10.4. The molecule has 1 aromatic rings. The van der Waals surface area contributed by atoms with Gasteiger partial charge in [0.2, 0.25) is 5.91 Å². The summed E-state index contributed by atoms with van der Waals surface area (Å²) in [6.07, 6.45) is 3.82. The molecule has 0 aliphatic carbocycles. The van der Waals surface area contributed by atoms with Crippen LogP contribution in [0.25, 0.3) is 0 Å². The molecule has 0 unspecified atom stereocenters. The van der Waals surface area contributed by atoms with E-state index in [0.717, 1.165) is 44.5 Å². The van der Waals surface area contributed by atoms with E-state index in [4.69, 9.17) is 9.47 Å². The highest BCUT2D eigenvalue weighted by molar-refractivity contribution is 5.80. The van der Waals surface area contributed by atoms with Crippen LogP contribution in [0.2, 0.25) is 0 Å². The molecule has 1 amide bonds. The van der Waals surface area contributed by atoms with Crippen LogP contribution in [0, 0.1) is 5.92 Å². The molecule has 6 heteroatoms. The van der Waals surface area contributed by atoms with E-state index in [-0.39, 0.29) is 23.8 Å². The molecule has 2 heterocycles. The van der Waals surface area contributed by atoms with Gasteiger partial charge in [-0.15, -0.1) is 0 Å². The lowest BCUT2D eigenvalue weighted by atomic mass is 9.98. The van der Waals surface area contributed by atoms with Crippen molar-refractivity contribution < 1.29 is 19.1 Å². The summed E-state index contributed by atoms with van der Waals surface area (Å²) in [6.45, 7) is 4.76. The predicted octanol–water partition coefficient (Wildman–Crippen LogP) is 2.63. The molecule has 0 saturated carbocycles. The molecule has 1 aromatic carbocycles. The van der Waals surface area contributed by atoms with Gasteiger partial charge in [-0.1, -0.05) is 12.1 Å². The Kier molecular flexibility index (Phi) is 6.72. The smallest absolute Gasteiger partial charge is 0.310 e. The van der Waals surface area contributed by atoms with Gasteiger partial charge < -0.3 is 14.4 Å². The minimum Gasteiger partial charge on any atom is -0.497 e. The molecule has 2 atom stereocenters. The Morgan fingerprint density at radius 2 is 1.85 bits per heavy atom. The highest BCUT2D eigenvalue weighted by Gasteiger charge is 2.32. The summed E-state index contributed by atoms with van der Waals surface area (Å²) in [7, 11) is 1.66. The van der Waals surface area contributed by atoms with E-state index >= 15 is 0 Å². The molecule has 0 N–H and O–H groups in total. The van der Waals surface area contributed by atoms with Crippen molar-refractivity contribution in [3.8, 4) is 5.75 Å². The number of amides is 1. The molecule has 2 saturated heterocycles. The number of carbonyl (C=O) groups is 2. The number of nitrogens with zero attached hydrogens (tertiary/aromatic N) is 2. The van der Waals surface area contributed by atoms with Gasteiger partial charge in [-0.05, 0) is 56.8 Å². The first-order valence-electron chi connectivity index (χ1n) is 9.94. The van der Waals surface area contributed by atoms with Gasteiger partial charge in [-0.3, -0.25) is 14.5 Å². The van der Waals surface area contributed by atoms with Crippen molar-refractivity contribution in [3.63, 3.8) is 0 Å². The quantitative estimate of drug-likeness (QED) is 0.717. The maximum atomic E-state index is 12.9. The maximum Gasteiger partial charge on any atom is 0.310 e. The summed E-state index contributed by atoms with van der Waals surface area (Å²) in [5.41, 5.74) is 1.23. The fourth-order valence-electron chi connectivity index (χ4n) is 4.15. The van der Waals surface area contributed by atoms with Gasteiger partial charge in [0, 0.05) is 19.1 Å². The number of rotatable bonds is 6. The molecular weight excluding hydrogens is 344 g/mol. The third-order valence-corrected chi connectivity index (χ3v) is 5.60. The summed E-state index contributed by atoms with van der Waals surface area (Å²) >= 11 is 0. The Labute approximate surface area is 161 Å². The zero-order chi connectivity index (χ0) is 19.2. The van der Waals surface area contributed by atoms with Crippen LogP contribution in [0.15, 0.2) is 24.3 Å². The average molecular weight is 374 g/mol. The summed E-state index contributed by atoms with van der Waals surface area (Å²) in [4.78, 5) is 29.0. The van der Waals surface area contributed by atoms with Crippen LogP contribution in [0.5, 0.6) is 5.75 Å². The number of ether oxygens (including phenoxy) is 2. The van der Waals surface area contributed by atoms with Crippen LogP contribution >= 0.6 is 0 Å². The number of methoxy groups -OCH3 is 1. The van der Waals surface area contributed by atoms with Gasteiger partial charge in [0.1, 0.15) is 5.75 Å². The van der Waals surface area contributed by atoms with Crippen molar-refractivity contribution in [1.82, 2.24) is 9.80 Å². The van der Waals surface area contributed by atoms with Crippen LogP contribution in [0.1, 0.15) is 44.2 Å². The topological polar surface area (TPSA) is 59.1 Å². The van der Waals surface area contributed by atoms with E-state index in [1.54, 1.807) is 7.11 Å². The van der Waals surface area contributed by atoms with Gasteiger partial charge in [-0.2, -0.15) is 0 Å². The van der Waals surface area contributed by atoms with Crippen molar-refractivity contribution in [2.45, 2.75) is 38.6 Å². The second kappa shape index (κ2) is 9.22. The minimum atomic E-state index is -0.182. The second-order valence-corrected chi connectivity index (χ2v) is 7.33. The van der Waals surface area contributed by atoms with Crippen LogP contribution in [0.4, 0.5) is 0 Å². The van der Waals surface area contributed by atoms with Crippen LogP contribution in [0.3, 0.4) is 0 Å². The Morgan fingerprint density at radius 1 is 1.11 bits per heavy atom. The van der Waals surface area contributed by atoms with Crippen LogP contribution in [-0.2, 0) is 14.3 Å². The predicted molar refractivity (Wildman–Crippen MR) is 102 cm³/mol. The first kappa shape index (κ1) is 19.7.